The highest BCUT2D eigenvalue weighted by Gasteiger charge is 2.20. The van der Waals surface area contributed by atoms with Crippen molar-refractivity contribution in [2.24, 2.45) is 0 Å². The molecule has 0 fully saturated rings. The number of aryl methyl sites for hydroxylation is 1. The summed E-state index contributed by atoms with van der Waals surface area (Å²) in [5.74, 6) is 1.04. The number of nitrogens with zero attached hydrogens (tertiary/aromatic N) is 1. The molecule has 2 aromatic heterocycles. The summed E-state index contributed by atoms with van der Waals surface area (Å²) in [4.78, 5) is 4.71. The normalized spacial score (nSPS) is 17.3. The van der Waals surface area contributed by atoms with Gasteiger partial charge in [-0.2, -0.15) is 11.3 Å². The first-order valence-corrected chi connectivity index (χ1v) is 10.4. The van der Waals surface area contributed by atoms with Gasteiger partial charge in [-0.05, 0) is 59.9 Å². The van der Waals surface area contributed by atoms with Gasteiger partial charge in [0.15, 0.2) is 0 Å². The Hall–Kier alpha value is -1.69. The molecule has 3 heterocycles. The number of aromatic nitrogens is 1. The summed E-state index contributed by atoms with van der Waals surface area (Å²) in [5, 5.41) is 11.4. The molecule has 4 rings (SSSR count). The largest absolute Gasteiger partial charge is 0.490 e. The molecule has 2 atom stereocenters. The Kier molecular flexibility index (Phi) is 4.88. The second-order valence-corrected chi connectivity index (χ2v) is 8.34. The molecule has 3 nitrogen and oxygen atoms in total. The number of fused-ring (bicyclic) bond motifs is 1. The SMILES string of the molecule is Cc1csc([C@@H](Cc2ccsc2)NCc2ccc3c(c2)C[C@H](C)O3)n1. The monoisotopic (exact) mass is 370 g/mol. The van der Waals surface area contributed by atoms with Crippen LogP contribution in [0.15, 0.2) is 40.4 Å². The van der Waals surface area contributed by atoms with E-state index < -0.39 is 0 Å². The highest BCUT2D eigenvalue weighted by atomic mass is 32.1. The van der Waals surface area contributed by atoms with Crippen LogP contribution in [0.2, 0.25) is 0 Å². The van der Waals surface area contributed by atoms with Crippen LogP contribution in [0, 0.1) is 6.92 Å². The molecule has 0 spiro atoms. The van der Waals surface area contributed by atoms with E-state index in [2.05, 4.69) is 59.6 Å². The molecule has 0 saturated carbocycles. The van der Waals surface area contributed by atoms with Crippen LogP contribution in [0.1, 0.15) is 40.4 Å². The van der Waals surface area contributed by atoms with Gasteiger partial charge in [-0.3, -0.25) is 0 Å². The molecule has 0 radical (unpaired) electrons. The third-order valence-electron chi connectivity index (χ3n) is 4.47. The lowest BCUT2D eigenvalue weighted by atomic mass is 10.1. The number of nitrogens with one attached hydrogen (secondary N) is 1. The Morgan fingerprint density at radius 1 is 1.28 bits per heavy atom. The maximum absolute atomic E-state index is 5.80. The van der Waals surface area contributed by atoms with Gasteiger partial charge in [0.05, 0.1) is 6.04 Å². The van der Waals surface area contributed by atoms with E-state index in [9.17, 15) is 0 Å². The van der Waals surface area contributed by atoms with E-state index >= 15 is 0 Å². The van der Waals surface area contributed by atoms with E-state index in [4.69, 9.17) is 9.72 Å². The molecule has 130 valence electrons. The summed E-state index contributed by atoms with van der Waals surface area (Å²) in [6.07, 6.45) is 2.28. The molecule has 0 aliphatic carbocycles. The Morgan fingerprint density at radius 2 is 2.20 bits per heavy atom. The Morgan fingerprint density at radius 3 is 2.96 bits per heavy atom. The zero-order valence-electron chi connectivity index (χ0n) is 14.5. The lowest BCUT2D eigenvalue weighted by Crippen LogP contribution is -2.23. The van der Waals surface area contributed by atoms with Gasteiger partial charge < -0.3 is 10.1 Å². The predicted molar refractivity (Wildman–Crippen MR) is 105 cm³/mol. The topological polar surface area (TPSA) is 34.1 Å². The van der Waals surface area contributed by atoms with Gasteiger partial charge in [-0.15, -0.1) is 11.3 Å². The standard InChI is InChI=1S/C20H22N2OS2/c1-13-11-25-20(22-13)18(9-16-5-6-24-12-16)21-10-15-3-4-19-17(8-15)7-14(2)23-19/h3-6,8,11-12,14,18,21H,7,9-10H2,1-2H3/t14-,18+/m0/s1. The van der Waals surface area contributed by atoms with Crippen LogP contribution in [-0.2, 0) is 19.4 Å². The molecule has 1 N–H and O–H groups in total. The number of thiazole rings is 1. The second kappa shape index (κ2) is 7.28. The number of ether oxygens (including phenoxy) is 1. The maximum Gasteiger partial charge on any atom is 0.123 e. The van der Waals surface area contributed by atoms with E-state index in [-0.39, 0.29) is 6.04 Å². The van der Waals surface area contributed by atoms with Crippen LogP contribution in [0.5, 0.6) is 5.75 Å². The first-order chi connectivity index (χ1) is 12.2. The third kappa shape index (κ3) is 3.94. The van der Waals surface area contributed by atoms with Gasteiger partial charge in [-0.1, -0.05) is 12.1 Å². The van der Waals surface area contributed by atoms with Gasteiger partial charge >= 0.3 is 0 Å². The third-order valence-corrected chi connectivity index (χ3v) is 6.28. The van der Waals surface area contributed by atoms with Gasteiger partial charge in [0, 0.05) is 24.0 Å². The summed E-state index contributed by atoms with van der Waals surface area (Å²) in [6, 6.07) is 9.00. The molecule has 5 heteroatoms. The van der Waals surface area contributed by atoms with Gasteiger partial charge in [-0.25, -0.2) is 4.98 Å². The van der Waals surface area contributed by atoms with Gasteiger partial charge in [0.25, 0.3) is 0 Å². The summed E-state index contributed by atoms with van der Waals surface area (Å²) in [6.45, 7) is 5.03. The van der Waals surface area contributed by atoms with E-state index in [0.717, 1.165) is 30.8 Å². The van der Waals surface area contributed by atoms with Crippen molar-refractivity contribution in [1.29, 1.82) is 0 Å². The lowest BCUT2D eigenvalue weighted by Gasteiger charge is -2.16. The zero-order chi connectivity index (χ0) is 17.2. The number of benzene rings is 1. The van der Waals surface area contributed by atoms with Gasteiger partial charge in [0.1, 0.15) is 16.9 Å². The van der Waals surface area contributed by atoms with Crippen molar-refractivity contribution < 1.29 is 4.74 Å². The maximum atomic E-state index is 5.80. The fraction of sp³-hybridized carbons (Fsp3) is 0.350. The zero-order valence-corrected chi connectivity index (χ0v) is 16.1. The fourth-order valence-corrected chi connectivity index (χ4v) is 4.80. The van der Waals surface area contributed by atoms with E-state index in [1.807, 2.05) is 0 Å². The highest BCUT2D eigenvalue weighted by Crippen LogP contribution is 2.30. The number of rotatable bonds is 6. The molecule has 0 unspecified atom stereocenters. The predicted octanol–water partition coefficient (Wildman–Crippen LogP) is 4.91. The van der Waals surface area contributed by atoms with Crippen molar-refractivity contribution in [1.82, 2.24) is 10.3 Å². The van der Waals surface area contributed by atoms with Crippen molar-refractivity contribution in [3.05, 3.63) is 67.8 Å². The summed E-state index contributed by atoms with van der Waals surface area (Å²) in [7, 11) is 0. The van der Waals surface area contributed by atoms with Crippen molar-refractivity contribution in [3.63, 3.8) is 0 Å². The van der Waals surface area contributed by atoms with Crippen molar-refractivity contribution >= 4 is 22.7 Å². The molecule has 1 aliphatic heterocycles. The molecule has 25 heavy (non-hydrogen) atoms. The molecule has 1 aliphatic rings. The highest BCUT2D eigenvalue weighted by molar-refractivity contribution is 7.09. The minimum atomic E-state index is 0.247. The van der Waals surface area contributed by atoms with Crippen molar-refractivity contribution in [2.45, 2.75) is 45.4 Å². The summed E-state index contributed by atoms with van der Waals surface area (Å²) in [5.41, 5.74) is 5.10. The Bertz CT molecular complexity index is 841. The molecule has 1 aromatic carbocycles. The molecular formula is C20H22N2OS2. The Labute approximate surface area is 156 Å². The van der Waals surface area contributed by atoms with Crippen LogP contribution in [0.3, 0.4) is 0 Å². The Balaban J connectivity index is 1.48. The van der Waals surface area contributed by atoms with Crippen LogP contribution >= 0.6 is 22.7 Å². The quantitative estimate of drug-likeness (QED) is 0.669. The molecule has 0 amide bonds. The van der Waals surface area contributed by atoms with E-state index in [1.165, 1.54) is 21.7 Å². The number of hydrogen-bond donors (Lipinski definition) is 1. The average molecular weight is 371 g/mol. The smallest absolute Gasteiger partial charge is 0.123 e. The molecule has 0 bridgehead atoms. The van der Waals surface area contributed by atoms with Crippen LogP contribution in [-0.4, -0.2) is 11.1 Å². The second-order valence-electron chi connectivity index (χ2n) is 6.67. The van der Waals surface area contributed by atoms with Crippen LogP contribution in [0.4, 0.5) is 0 Å². The van der Waals surface area contributed by atoms with Crippen molar-refractivity contribution in [3.8, 4) is 5.75 Å². The van der Waals surface area contributed by atoms with Gasteiger partial charge in [0.2, 0.25) is 0 Å². The van der Waals surface area contributed by atoms with Crippen LogP contribution < -0.4 is 10.1 Å². The van der Waals surface area contributed by atoms with E-state index in [0.29, 0.717) is 6.10 Å². The van der Waals surface area contributed by atoms with Crippen molar-refractivity contribution in [2.75, 3.05) is 0 Å². The first-order valence-electron chi connectivity index (χ1n) is 8.62. The number of hydrogen-bond acceptors (Lipinski definition) is 5. The number of thiophene rings is 1. The lowest BCUT2D eigenvalue weighted by molar-refractivity contribution is 0.254. The molecule has 0 saturated heterocycles. The first kappa shape index (κ1) is 16.8. The molecule has 3 aromatic rings. The summed E-state index contributed by atoms with van der Waals surface area (Å²) >= 11 is 3.50. The minimum absolute atomic E-state index is 0.247. The fourth-order valence-electron chi connectivity index (χ4n) is 3.25. The average Bonchev–Trinajstić information content (AvgIpc) is 3.31. The molecular weight excluding hydrogens is 348 g/mol. The van der Waals surface area contributed by atoms with Crippen LogP contribution in [0.25, 0.3) is 0 Å². The summed E-state index contributed by atoms with van der Waals surface area (Å²) < 4.78 is 5.80. The minimum Gasteiger partial charge on any atom is -0.490 e. The van der Waals surface area contributed by atoms with E-state index in [1.54, 1.807) is 22.7 Å².